The van der Waals surface area contributed by atoms with Gasteiger partial charge in [0.2, 0.25) is 0 Å². The molecule has 0 saturated heterocycles. The van der Waals surface area contributed by atoms with Crippen LogP contribution in [0.2, 0.25) is 0 Å². The number of alkyl halides is 1. The molecule has 0 spiro atoms. The van der Waals surface area contributed by atoms with Crippen LogP contribution in [0.15, 0.2) is 24.3 Å². The van der Waals surface area contributed by atoms with Crippen LogP contribution in [0.4, 0.5) is 0 Å². The molecule has 1 aliphatic carbocycles. The number of benzene rings is 1. The molecule has 1 aromatic rings. The van der Waals surface area contributed by atoms with Crippen LogP contribution in [-0.2, 0) is 16.0 Å². The van der Waals surface area contributed by atoms with Gasteiger partial charge >= 0.3 is 5.97 Å². The van der Waals surface area contributed by atoms with E-state index in [0.717, 1.165) is 12.8 Å². The Kier molecular flexibility index (Phi) is 5.90. The van der Waals surface area contributed by atoms with Crippen LogP contribution in [0.1, 0.15) is 55.0 Å². The summed E-state index contributed by atoms with van der Waals surface area (Å²) in [4.78, 5) is 11.1. The molecule has 1 atom stereocenters. The van der Waals surface area contributed by atoms with Gasteiger partial charge < -0.3 is 4.74 Å². The molecule has 0 aromatic heterocycles. The lowest BCUT2D eigenvalue weighted by Gasteiger charge is -2.17. The van der Waals surface area contributed by atoms with Crippen molar-refractivity contribution in [2.24, 2.45) is 5.92 Å². The molecule has 2 nitrogen and oxygen atoms in total. The van der Waals surface area contributed by atoms with Gasteiger partial charge in [0.15, 0.2) is 0 Å². The van der Waals surface area contributed by atoms with Gasteiger partial charge in [0.25, 0.3) is 0 Å². The van der Waals surface area contributed by atoms with E-state index in [9.17, 15) is 4.79 Å². The molecule has 110 valence electrons. The summed E-state index contributed by atoms with van der Waals surface area (Å²) >= 11 is 6.57. The Labute approximate surface area is 126 Å². The molecule has 0 radical (unpaired) electrons. The molecule has 1 unspecified atom stereocenters. The number of halogens is 1. The first-order chi connectivity index (χ1) is 9.70. The standard InChI is InChI=1S/C17H23ClO2/c1-20-16(19)8-4-5-13-9-11-15(12-10-13)17(18)14-6-2-3-7-14/h9-12,14,17H,2-8H2,1H3. The maximum Gasteiger partial charge on any atom is 0.305 e. The van der Waals surface area contributed by atoms with Crippen LogP contribution in [-0.4, -0.2) is 13.1 Å². The Hall–Kier alpha value is -1.02. The van der Waals surface area contributed by atoms with Crippen molar-refractivity contribution in [1.29, 1.82) is 0 Å². The average Bonchev–Trinajstić information content (AvgIpc) is 3.01. The van der Waals surface area contributed by atoms with E-state index < -0.39 is 0 Å². The van der Waals surface area contributed by atoms with E-state index in [1.165, 1.54) is 43.9 Å². The number of hydrogen-bond acceptors (Lipinski definition) is 2. The number of hydrogen-bond donors (Lipinski definition) is 0. The van der Waals surface area contributed by atoms with E-state index in [1.807, 2.05) is 0 Å². The highest BCUT2D eigenvalue weighted by Gasteiger charge is 2.24. The zero-order valence-corrected chi connectivity index (χ0v) is 12.9. The first-order valence-electron chi connectivity index (χ1n) is 7.50. The van der Waals surface area contributed by atoms with Crippen molar-refractivity contribution in [3.8, 4) is 0 Å². The van der Waals surface area contributed by atoms with E-state index in [0.29, 0.717) is 12.3 Å². The first kappa shape index (κ1) is 15.4. The van der Waals surface area contributed by atoms with E-state index in [-0.39, 0.29) is 11.3 Å². The Bertz CT molecular complexity index is 421. The molecule has 0 bridgehead atoms. The van der Waals surface area contributed by atoms with Gasteiger partial charge in [0.1, 0.15) is 0 Å². The van der Waals surface area contributed by atoms with E-state index >= 15 is 0 Å². The number of carbonyl (C=O) groups is 1. The second-order valence-corrected chi connectivity index (χ2v) is 6.09. The third-order valence-electron chi connectivity index (χ3n) is 4.19. The third-order valence-corrected chi connectivity index (χ3v) is 4.79. The number of methoxy groups -OCH3 is 1. The summed E-state index contributed by atoms with van der Waals surface area (Å²) < 4.78 is 4.64. The minimum Gasteiger partial charge on any atom is -0.469 e. The molecule has 3 heteroatoms. The second kappa shape index (κ2) is 7.68. The number of ether oxygens (including phenoxy) is 1. The van der Waals surface area contributed by atoms with Crippen molar-refractivity contribution < 1.29 is 9.53 Å². The maximum atomic E-state index is 11.1. The molecular weight excluding hydrogens is 272 g/mol. The van der Waals surface area contributed by atoms with Gasteiger partial charge in [-0.25, -0.2) is 0 Å². The first-order valence-corrected chi connectivity index (χ1v) is 7.94. The molecule has 0 aliphatic heterocycles. The Morgan fingerprint density at radius 1 is 1.30 bits per heavy atom. The Morgan fingerprint density at radius 2 is 1.95 bits per heavy atom. The topological polar surface area (TPSA) is 26.3 Å². The van der Waals surface area contributed by atoms with Crippen molar-refractivity contribution >= 4 is 17.6 Å². The molecule has 1 aliphatic rings. The summed E-state index contributed by atoms with van der Waals surface area (Å²) in [5, 5.41) is 0.154. The van der Waals surface area contributed by atoms with Gasteiger partial charge in [-0.3, -0.25) is 4.79 Å². The number of rotatable bonds is 6. The minimum absolute atomic E-state index is 0.135. The number of carbonyl (C=O) groups excluding carboxylic acids is 1. The van der Waals surface area contributed by atoms with Gasteiger partial charge in [-0.1, -0.05) is 37.1 Å². The third kappa shape index (κ3) is 4.24. The average molecular weight is 295 g/mol. The summed E-state index contributed by atoms with van der Waals surface area (Å²) in [7, 11) is 1.43. The molecule has 0 amide bonds. The Morgan fingerprint density at radius 3 is 2.55 bits per heavy atom. The zero-order valence-electron chi connectivity index (χ0n) is 12.1. The summed E-state index contributed by atoms with van der Waals surface area (Å²) in [6, 6.07) is 8.56. The number of aryl methyl sites for hydroxylation is 1. The van der Waals surface area contributed by atoms with E-state index in [4.69, 9.17) is 11.6 Å². The summed E-state index contributed by atoms with van der Waals surface area (Å²) in [6.45, 7) is 0. The molecule has 1 saturated carbocycles. The lowest BCUT2D eigenvalue weighted by Crippen LogP contribution is -2.03. The van der Waals surface area contributed by atoms with Gasteiger partial charge in [-0.05, 0) is 42.7 Å². The predicted molar refractivity (Wildman–Crippen MR) is 81.9 cm³/mol. The summed E-state index contributed by atoms with van der Waals surface area (Å²) in [5.41, 5.74) is 2.49. The molecule has 1 aromatic carbocycles. The van der Waals surface area contributed by atoms with E-state index in [1.54, 1.807) is 0 Å². The van der Waals surface area contributed by atoms with Crippen LogP contribution >= 0.6 is 11.6 Å². The molecule has 1 fully saturated rings. The van der Waals surface area contributed by atoms with Crippen molar-refractivity contribution in [1.82, 2.24) is 0 Å². The molecular formula is C17H23ClO2. The lowest BCUT2D eigenvalue weighted by atomic mass is 9.96. The maximum absolute atomic E-state index is 11.1. The fraction of sp³-hybridized carbons (Fsp3) is 0.588. The zero-order chi connectivity index (χ0) is 14.4. The summed E-state index contributed by atoms with van der Waals surface area (Å²) in [5.74, 6) is 0.505. The molecule has 0 N–H and O–H groups in total. The van der Waals surface area contributed by atoms with Gasteiger partial charge in [0, 0.05) is 6.42 Å². The Balaban J connectivity index is 1.84. The van der Waals surface area contributed by atoms with Gasteiger partial charge in [-0.15, -0.1) is 11.6 Å². The molecule has 20 heavy (non-hydrogen) atoms. The molecule has 2 rings (SSSR count). The van der Waals surface area contributed by atoms with Crippen LogP contribution < -0.4 is 0 Å². The predicted octanol–water partition coefficient (Wildman–Crippen LogP) is 4.65. The van der Waals surface area contributed by atoms with Gasteiger partial charge in [0.05, 0.1) is 12.5 Å². The highest BCUT2D eigenvalue weighted by Crippen LogP contribution is 2.39. The van der Waals surface area contributed by atoms with Crippen LogP contribution in [0.3, 0.4) is 0 Å². The van der Waals surface area contributed by atoms with Crippen molar-refractivity contribution in [2.45, 2.75) is 50.3 Å². The highest BCUT2D eigenvalue weighted by atomic mass is 35.5. The second-order valence-electron chi connectivity index (χ2n) is 5.62. The van der Waals surface area contributed by atoms with Crippen molar-refractivity contribution in [3.63, 3.8) is 0 Å². The monoisotopic (exact) mass is 294 g/mol. The van der Waals surface area contributed by atoms with Crippen LogP contribution in [0.5, 0.6) is 0 Å². The summed E-state index contributed by atoms with van der Waals surface area (Å²) in [6.07, 6.45) is 7.38. The van der Waals surface area contributed by atoms with Crippen molar-refractivity contribution in [3.05, 3.63) is 35.4 Å². The SMILES string of the molecule is COC(=O)CCCc1ccc(C(Cl)C2CCCC2)cc1. The molecule has 0 heterocycles. The quantitative estimate of drug-likeness (QED) is 0.564. The smallest absolute Gasteiger partial charge is 0.305 e. The number of esters is 1. The van der Waals surface area contributed by atoms with Gasteiger partial charge in [-0.2, -0.15) is 0 Å². The largest absolute Gasteiger partial charge is 0.469 e. The van der Waals surface area contributed by atoms with Crippen molar-refractivity contribution in [2.75, 3.05) is 7.11 Å². The van der Waals surface area contributed by atoms with Crippen LogP contribution in [0, 0.1) is 5.92 Å². The van der Waals surface area contributed by atoms with E-state index in [2.05, 4.69) is 29.0 Å². The normalized spacial score (nSPS) is 17.1. The fourth-order valence-electron chi connectivity index (χ4n) is 2.93. The van der Waals surface area contributed by atoms with Crippen LogP contribution in [0.25, 0.3) is 0 Å². The highest BCUT2D eigenvalue weighted by molar-refractivity contribution is 6.21. The minimum atomic E-state index is -0.135. The fourth-order valence-corrected chi connectivity index (χ4v) is 3.33. The lowest BCUT2D eigenvalue weighted by molar-refractivity contribution is -0.140.